The molecule has 0 radical (unpaired) electrons. The summed E-state index contributed by atoms with van der Waals surface area (Å²) in [5, 5.41) is 10.9. The SMILES string of the molecule is Cc1ccc([N+](=O)[O-])cc1C(=O)N1CCCCC1CCN.Cl. The van der Waals surface area contributed by atoms with E-state index in [1.807, 2.05) is 4.90 Å². The lowest BCUT2D eigenvalue weighted by Gasteiger charge is -2.36. The Balaban J connectivity index is 0.00000242. The van der Waals surface area contributed by atoms with Crippen molar-refractivity contribution in [1.82, 2.24) is 4.90 Å². The maximum absolute atomic E-state index is 12.7. The van der Waals surface area contributed by atoms with Gasteiger partial charge in [-0.2, -0.15) is 0 Å². The number of hydrogen-bond donors (Lipinski definition) is 1. The predicted molar refractivity (Wildman–Crippen MR) is 87.4 cm³/mol. The molecule has 122 valence electrons. The molecule has 1 unspecified atom stereocenters. The van der Waals surface area contributed by atoms with Crippen LogP contribution in [0.4, 0.5) is 5.69 Å². The molecule has 2 rings (SSSR count). The molecule has 1 atom stereocenters. The van der Waals surface area contributed by atoms with E-state index in [0.717, 1.165) is 31.2 Å². The van der Waals surface area contributed by atoms with Gasteiger partial charge in [0.1, 0.15) is 0 Å². The van der Waals surface area contributed by atoms with Crippen molar-refractivity contribution in [3.8, 4) is 0 Å². The van der Waals surface area contributed by atoms with E-state index in [2.05, 4.69) is 0 Å². The average Bonchev–Trinajstić information content (AvgIpc) is 2.47. The van der Waals surface area contributed by atoms with Crippen LogP contribution in [0.25, 0.3) is 0 Å². The van der Waals surface area contributed by atoms with Crippen LogP contribution in [0.5, 0.6) is 0 Å². The Morgan fingerprint density at radius 3 is 2.82 bits per heavy atom. The molecule has 1 saturated heterocycles. The standard InChI is InChI=1S/C15H21N3O3.ClH/c1-11-5-6-13(18(20)21)10-14(11)15(19)17-9-3-2-4-12(17)7-8-16;/h5-6,10,12H,2-4,7-9,16H2,1H3;1H. The van der Waals surface area contributed by atoms with Crippen molar-refractivity contribution >= 4 is 24.0 Å². The van der Waals surface area contributed by atoms with Crippen molar-refractivity contribution in [2.45, 2.75) is 38.6 Å². The molecule has 7 heteroatoms. The van der Waals surface area contributed by atoms with Crippen LogP contribution in [0.3, 0.4) is 0 Å². The van der Waals surface area contributed by atoms with E-state index in [1.54, 1.807) is 13.0 Å². The molecule has 1 aromatic carbocycles. The van der Waals surface area contributed by atoms with Gasteiger partial charge in [0.25, 0.3) is 11.6 Å². The van der Waals surface area contributed by atoms with Crippen LogP contribution in [0.2, 0.25) is 0 Å². The smallest absolute Gasteiger partial charge is 0.270 e. The van der Waals surface area contributed by atoms with E-state index >= 15 is 0 Å². The van der Waals surface area contributed by atoms with Crippen LogP contribution in [0.15, 0.2) is 18.2 Å². The number of rotatable bonds is 4. The molecular weight excluding hydrogens is 306 g/mol. The van der Waals surface area contributed by atoms with Gasteiger partial charge in [0, 0.05) is 30.3 Å². The molecule has 0 saturated carbocycles. The van der Waals surface area contributed by atoms with Gasteiger partial charge in [-0.1, -0.05) is 6.07 Å². The number of hydrogen-bond acceptors (Lipinski definition) is 4. The Labute approximate surface area is 136 Å². The van der Waals surface area contributed by atoms with Crippen LogP contribution in [-0.4, -0.2) is 34.9 Å². The summed E-state index contributed by atoms with van der Waals surface area (Å²) < 4.78 is 0. The topological polar surface area (TPSA) is 89.5 Å². The minimum atomic E-state index is -0.468. The molecule has 22 heavy (non-hydrogen) atoms. The second kappa shape index (κ2) is 8.10. The fourth-order valence-corrected chi connectivity index (χ4v) is 2.87. The molecular formula is C15H22ClN3O3. The first kappa shape index (κ1) is 18.4. The summed E-state index contributed by atoms with van der Waals surface area (Å²) >= 11 is 0. The number of halogens is 1. The third kappa shape index (κ3) is 3.96. The Morgan fingerprint density at radius 1 is 1.45 bits per heavy atom. The number of carbonyl (C=O) groups excluding carboxylic acids is 1. The minimum Gasteiger partial charge on any atom is -0.336 e. The van der Waals surface area contributed by atoms with Crippen molar-refractivity contribution in [2.24, 2.45) is 5.73 Å². The number of nitro groups is 1. The minimum absolute atomic E-state index is 0. The number of non-ortho nitro benzene ring substituents is 1. The lowest BCUT2D eigenvalue weighted by atomic mass is 9.97. The first-order valence-corrected chi connectivity index (χ1v) is 7.30. The normalized spacial score (nSPS) is 17.7. The third-order valence-electron chi connectivity index (χ3n) is 4.05. The van der Waals surface area contributed by atoms with Crippen molar-refractivity contribution < 1.29 is 9.72 Å². The highest BCUT2D eigenvalue weighted by Gasteiger charge is 2.28. The molecule has 1 heterocycles. The van der Waals surface area contributed by atoms with Crippen LogP contribution in [0.1, 0.15) is 41.6 Å². The summed E-state index contributed by atoms with van der Waals surface area (Å²) in [6, 6.07) is 4.59. The largest absolute Gasteiger partial charge is 0.336 e. The average molecular weight is 328 g/mol. The summed E-state index contributed by atoms with van der Waals surface area (Å²) in [4.78, 5) is 25.0. The summed E-state index contributed by atoms with van der Waals surface area (Å²) in [6.07, 6.45) is 3.81. The number of nitro benzene ring substituents is 1. The molecule has 2 N–H and O–H groups in total. The van der Waals surface area contributed by atoms with Gasteiger partial charge in [-0.25, -0.2) is 0 Å². The number of benzene rings is 1. The van der Waals surface area contributed by atoms with E-state index in [0.29, 0.717) is 18.7 Å². The number of amides is 1. The Kier molecular flexibility index (Phi) is 6.77. The van der Waals surface area contributed by atoms with Gasteiger partial charge < -0.3 is 10.6 Å². The first-order valence-electron chi connectivity index (χ1n) is 7.30. The van der Waals surface area contributed by atoms with Gasteiger partial charge in [-0.05, 0) is 44.7 Å². The molecule has 0 spiro atoms. The molecule has 1 amide bonds. The lowest BCUT2D eigenvalue weighted by Crippen LogP contribution is -2.44. The molecule has 0 aromatic heterocycles. The summed E-state index contributed by atoms with van der Waals surface area (Å²) in [6.45, 7) is 3.05. The monoisotopic (exact) mass is 327 g/mol. The number of nitrogens with zero attached hydrogens (tertiary/aromatic N) is 2. The van der Waals surface area contributed by atoms with E-state index in [9.17, 15) is 14.9 Å². The van der Waals surface area contributed by atoms with Gasteiger partial charge in [0.2, 0.25) is 0 Å². The highest BCUT2D eigenvalue weighted by molar-refractivity contribution is 5.96. The number of piperidine rings is 1. The van der Waals surface area contributed by atoms with Gasteiger partial charge in [0.15, 0.2) is 0 Å². The van der Waals surface area contributed by atoms with E-state index in [4.69, 9.17) is 5.73 Å². The molecule has 1 aliphatic rings. The molecule has 6 nitrogen and oxygen atoms in total. The quantitative estimate of drug-likeness (QED) is 0.680. The first-order chi connectivity index (χ1) is 10.0. The summed E-state index contributed by atoms with van der Waals surface area (Å²) in [7, 11) is 0. The fraction of sp³-hybridized carbons (Fsp3) is 0.533. The molecule has 1 aromatic rings. The highest BCUT2D eigenvalue weighted by Crippen LogP contribution is 2.25. The van der Waals surface area contributed by atoms with Crippen molar-refractivity contribution in [3.63, 3.8) is 0 Å². The van der Waals surface area contributed by atoms with E-state index < -0.39 is 4.92 Å². The van der Waals surface area contributed by atoms with Gasteiger partial charge in [-0.15, -0.1) is 12.4 Å². The predicted octanol–water partition coefficient (Wildman–Crippen LogP) is 2.67. The van der Waals surface area contributed by atoms with Crippen LogP contribution >= 0.6 is 12.4 Å². The van der Waals surface area contributed by atoms with E-state index in [-0.39, 0.29) is 30.0 Å². The Hall–Kier alpha value is -1.66. The zero-order valence-corrected chi connectivity index (χ0v) is 13.5. The lowest BCUT2D eigenvalue weighted by molar-refractivity contribution is -0.384. The molecule has 0 aliphatic carbocycles. The zero-order chi connectivity index (χ0) is 15.4. The zero-order valence-electron chi connectivity index (χ0n) is 12.7. The molecule has 0 bridgehead atoms. The highest BCUT2D eigenvalue weighted by atomic mass is 35.5. The van der Waals surface area contributed by atoms with Gasteiger partial charge >= 0.3 is 0 Å². The van der Waals surface area contributed by atoms with Crippen LogP contribution < -0.4 is 5.73 Å². The maximum Gasteiger partial charge on any atom is 0.270 e. The second-order valence-electron chi connectivity index (χ2n) is 5.48. The Bertz CT molecular complexity index is 549. The van der Waals surface area contributed by atoms with Crippen molar-refractivity contribution in [3.05, 3.63) is 39.4 Å². The fourth-order valence-electron chi connectivity index (χ4n) is 2.87. The summed E-state index contributed by atoms with van der Waals surface area (Å²) in [5.74, 6) is -0.116. The van der Waals surface area contributed by atoms with Crippen LogP contribution in [0, 0.1) is 17.0 Å². The second-order valence-corrected chi connectivity index (χ2v) is 5.48. The van der Waals surface area contributed by atoms with E-state index in [1.165, 1.54) is 12.1 Å². The third-order valence-corrected chi connectivity index (χ3v) is 4.05. The number of carbonyl (C=O) groups is 1. The summed E-state index contributed by atoms with van der Waals surface area (Å²) in [5.41, 5.74) is 6.77. The maximum atomic E-state index is 12.7. The van der Waals surface area contributed by atoms with Gasteiger partial charge in [0.05, 0.1) is 4.92 Å². The number of likely N-dealkylation sites (tertiary alicyclic amines) is 1. The van der Waals surface area contributed by atoms with Crippen LogP contribution in [-0.2, 0) is 0 Å². The molecule has 1 aliphatic heterocycles. The number of aryl methyl sites for hydroxylation is 1. The number of nitrogens with two attached hydrogens (primary N) is 1. The van der Waals surface area contributed by atoms with Crippen molar-refractivity contribution in [1.29, 1.82) is 0 Å². The molecule has 1 fully saturated rings. The van der Waals surface area contributed by atoms with Gasteiger partial charge in [-0.3, -0.25) is 14.9 Å². The van der Waals surface area contributed by atoms with Crippen molar-refractivity contribution in [2.75, 3.05) is 13.1 Å². The Morgan fingerprint density at radius 2 is 2.18 bits per heavy atom.